The lowest BCUT2D eigenvalue weighted by Crippen LogP contribution is -2.13. The monoisotopic (exact) mass is 271 g/mol. The molecule has 0 bridgehead atoms. The molecule has 0 aliphatic rings. The van der Waals surface area contributed by atoms with Crippen LogP contribution in [0.4, 0.5) is 0 Å². The largest absolute Gasteiger partial charge is 0.494 e. The highest BCUT2D eigenvalue weighted by Crippen LogP contribution is 2.21. The van der Waals surface area contributed by atoms with E-state index in [2.05, 4.69) is 22.2 Å². The Morgan fingerprint density at radius 1 is 1.15 bits per heavy atom. The second kappa shape index (κ2) is 7.01. The van der Waals surface area contributed by atoms with Gasteiger partial charge in [0.15, 0.2) is 5.82 Å². The average molecular weight is 271 g/mol. The molecular weight excluding hydrogens is 250 g/mol. The van der Waals surface area contributed by atoms with E-state index < -0.39 is 0 Å². The summed E-state index contributed by atoms with van der Waals surface area (Å²) in [5.74, 6) is 1.60. The molecule has 0 fully saturated rings. The minimum atomic E-state index is 0.657. The van der Waals surface area contributed by atoms with E-state index in [9.17, 15) is 0 Å². The van der Waals surface area contributed by atoms with Crippen LogP contribution in [0.1, 0.15) is 25.2 Å². The molecule has 4 heteroatoms. The molecular formula is C16H21N3O. The molecule has 1 aromatic carbocycles. The third-order valence-corrected chi connectivity index (χ3v) is 2.87. The van der Waals surface area contributed by atoms with Gasteiger partial charge in [0.1, 0.15) is 5.75 Å². The van der Waals surface area contributed by atoms with Crippen molar-refractivity contribution < 1.29 is 4.74 Å². The first kappa shape index (κ1) is 14.5. The number of rotatable bonds is 6. The summed E-state index contributed by atoms with van der Waals surface area (Å²) in [6, 6.07) is 9.92. The molecule has 106 valence electrons. The van der Waals surface area contributed by atoms with E-state index >= 15 is 0 Å². The minimum Gasteiger partial charge on any atom is -0.494 e. The highest BCUT2D eigenvalue weighted by Gasteiger charge is 2.06. The Kier molecular flexibility index (Phi) is 5.07. The second-order valence-corrected chi connectivity index (χ2v) is 4.57. The van der Waals surface area contributed by atoms with Crippen LogP contribution < -0.4 is 10.1 Å². The molecule has 4 nitrogen and oxygen atoms in total. The van der Waals surface area contributed by atoms with Gasteiger partial charge in [-0.3, -0.25) is 0 Å². The lowest BCUT2D eigenvalue weighted by molar-refractivity contribution is 0.340. The Morgan fingerprint density at radius 3 is 2.75 bits per heavy atom. The Labute approximate surface area is 120 Å². The maximum Gasteiger partial charge on any atom is 0.159 e. The van der Waals surface area contributed by atoms with E-state index in [4.69, 9.17) is 4.74 Å². The molecule has 0 aliphatic heterocycles. The maximum atomic E-state index is 5.53. The number of ether oxygens (including phenoxy) is 1. The molecule has 1 aromatic heterocycles. The predicted molar refractivity (Wildman–Crippen MR) is 80.8 cm³/mol. The average Bonchev–Trinajstić information content (AvgIpc) is 2.45. The number of aryl methyl sites for hydroxylation is 1. The van der Waals surface area contributed by atoms with E-state index in [1.165, 1.54) is 0 Å². The third kappa shape index (κ3) is 3.78. The van der Waals surface area contributed by atoms with Crippen molar-refractivity contribution in [2.45, 2.75) is 27.3 Å². The van der Waals surface area contributed by atoms with Crippen molar-refractivity contribution in [2.75, 3.05) is 13.2 Å². The van der Waals surface area contributed by atoms with Crippen LogP contribution in [0.15, 0.2) is 30.3 Å². The Bertz CT molecular complexity index is 569. The minimum absolute atomic E-state index is 0.657. The predicted octanol–water partition coefficient (Wildman–Crippen LogP) is 2.96. The molecule has 20 heavy (non-hydrogen) atoms. The molecule has 0 saturated heterocycles. The van der Waals surface area contributed by atoms with E-state index in [1.54, 1.807) is 0 Å². The molecule has 0 saturated carbocycles. The van der Waals surface area contributed by atoms with Gasteiger partial charge < -0.3 is 10.1 Å². The van der Waals surface area contributed by atoms with E-state index in [-0.39, 0.29) is 0 Å². The van der Waals surface area contributed by atoms with E-state index in [1.807, 2.05) is 44.2 Å². The molecule has 2 rings (SSSR count). The highest BCUT2D eigenvalue weighted by molar-refractivity contribution is 5.57. The Morgan fingerprint density at radius 2 is 2.00 bits per heavy atom. The number of hydrogen-bond donors (Lipinski definition) is 1. The van der Waals surface area contributed by atoms with Gasteiger partial charge in [-0.1, -0.05) is 19.1 Å². The topological polar surface area (TPSA) is 47.0 Å². The molecule has 2 aromatic rings. The zero-order valence-corrected chi connectivity index (χ0v) is 12.3. The van der Waals surface area contributed by atoms with Gasteiger partial charge in [-0.15, -0.1) is 0 Å². The summed E-state index contributed by atoms with van der Waals surface area (Å²) in [4.78, 5) is 9.13. The van der Waals surface area contributed by atoms with Crippen LogP contribution in [0.3, 0.4) is 0 Å². The molecule has 0 spiro atoms. The molecule has 0 aliphatic carbocycles. The van der Waals surface area contributed by atoms with Crippen molar-refractivity contribution in [3.63, 3.8) is 0 Å². The molecule has 0 amide bonds. The van der Waals surface area contributed by atoms with Gasteiger partial charge >= 0.3 is 0 Å². The molecule has 0 radical (unpaired) electrons. The van der Waals surface area contributed by atoms with Gasteiger partial charge in [0.25, 0.3) is 0 Å². The van der Waals surface area contributed by atoms with Gasteiger partial charge in [-0.2, -0.15) is 0 Å². The second-order valence-electron chi connectivity index (χ2n) is 4.57. The first-order valence-corrected chi connectivity index (χ1v) is 7.01. The SMILES string of the molecule is CCNCc1cc(C)nc(-c2cccc(OCC)c2)n1. The zero-order chi connectivity index (χ0) is 14.4. The maximum absolute atomic E-state index is 5.53. The van der Waals surface area contributed by atoms with Crippen LogP contribution >= 0.6 is 0 Å². The van der Waals surface area contributed by atoms with Crippen LogP contribution in [-0.2, 0) is 6.54 Å². The molecule has 1 N–H and O–H groups in total. The summed E-state index contributed by atoms with van der Waals surface area (Å²) in [5.41, 5.74) is 2.97. The van der Waals surface area contributed by atoms with Crippen molar-refractivity contribution in [3.8, 4) is 17.1 Å². The van der Waals surface area contributed by atoms with Crippen LogP contribution in [-0.4, -0.2) is 23.1 Å². The fraction of sp³-hybridized carbons (Fsp3) is 0.375. The van der Waals surface area contributed by atoms with Crippen LogP contribution in [0.5, 0.6) is 5.75 Å². The number of nitrogens with one attached hydrogen (secondary N) is 1. The molecule has 0 unspecified atom stereocenters. The Hall–Kier alpha value is -1.94. The quantitative estimate of drug-likeness (QED) is 0.877. The van der Waals surface area contributed by atoms with E-state index in [0.29, 0.717) is 6.61 Å². The Balaban J connectivity index is 2.31. The molecule has 1 heterocycles. The summed E-state index contributed by atoms with van der Waals surface area (Å²) in [7, 11) is 0. The van der Waals surface area contributed by atoms with Gasteiger partial charge in [0.05, 0.1) is 12.3 Å². The first-order chi connectivity index (χ1) is 9.72. The first-order valence-electron chi connectivity index (χ1n) is 7.01. The van der Waals surface area contributed by atoms with Gasteiger partial charge in [-0.05, 0) is 38.6 Å². The zero-order valence-electron chi connectivity index (χ0n) is 12.3. The normalized spacial score (nSPS) is 10.6. The van der Waals surface area contributed by atoms with Crippen molar-refractivity contribution in [3.05, 3.63) is 41.7 Å². The van der Waals surface area contributed by atoms with Gasteiger partial charge in [0, 0.05) is 17.8 Å². The van der Waals surface area contributed by atoms with Gasteiger partial charge in [-0.25, -0.2) is 9.97 Å². The van der Waals surface area contributed by atoms with Crippen molar-refractivity contribution in [1.82, 2.24) is 15.3 Å². The summed E-state index contributed by atoms with van der Waals surface area (Å²) < 4.78 is 5.53. The summed E-state index contributed by atoms with van der Waals surface area (Å²) >= 11 is 0. The van der Waals surface area contributed by atoms with Crippen LogP contribution in [0.25, 0.3) is 11.4 Å². The highest BCUT2D eigenvalue weighted by atomic mass is 16.5. The number of hydrogen-bond acceptors (Lipinski definition) is 4. The van der Waals surface area contributed by atoms with Crippen LogP contribution in [0.2, 0.25) is 0 Å². The summed E-state index contributed by atoms with van der Waals surface area (Å²) in [6.07, 6.45) is 0. The third-order valence-electron chi connectivity index (χ3n) is 2.87. The fourth-order valence-corrected chi connectivity index (χ4v) is 2.00. The number of benzene rings is 1. The lowest BCUT2D eigenvalue weighted by Gasteiger charge is -2.08. The van der Waals surface area contributed by atoms with Crippen molar-refractivity contribution in [1.29, 1.82) is 0 Å². The van der Waals surface area contributed by atoms with Gasteiger partial charge in [0.2, 0.25) is 0 Å². The molecule has 0 atom stereocenters. The standard InChI is InChI=1S/C16H21N3O/c1-4-17-11-14-9-12(3)18-16(19-14)13-7-6-8-15(10-13)20-5-2/h6-10,17H,4-5,11H2,1-3H3. The fourth-order valence-electron chi connectivity index (χ4n) is 2.00. The number of aromatic nitrogens is 2. The van der Waals surface area contributed by atoms with E-state index in [0.717, 1.165) is 41.6 Å². The van der Waals surface area contributed by atoms with Crippen LogP contribution in [0, 0.1) is 6.92 Å². The van der Waals surface area contributed by atoms with Crippen molar-refractivity contribution in [2.24, 2.45) is 0 Å². The smallest absolute Gasteiger partial charge is 0.159 e. The summed E-state index contributed by atoms with van der Waals surface area (Å²) in [5, 5.41) is 3.29. The lowest BCUT2D eigenvalue weighted by atomic mass is 10.2. The van der Waals surface area contributed by atoms with Crippen molar-refractivity contribution >= 4 is 0 Å². The number of nitrogens with zero attached hydrogens (tertiary/aromatic N) is 2. The summed E-state index contributed by atoms with van der Waals surface area (Å²) in [6.45, 7) is 8.40.